The summed E-state index contributed by atoms with van der Waals surface area (Å²) < 4.78 is 0. The first-order valence-electron chi connectivity index (χ1n) is 7.04. The zero-order chi connectivity index (χ0) is 13.7. The Morgan fingerprint density at radius 3 is 1.16 bits per heavy atom. The van der Waals surface area contributed by atoms with Crippen LogP contribution < -0.4 is 0 Å². The molecule has 0 N–H and O–H groups in total. The summed E-state index contributed by atoms with van der Waals surface area (Å²) in [6.07, 6.45) is 11.4. The molecule has 0 aromatic rings. The minimum atomic E-state index is 0. The van der Waals surface area contributed by atoms with Gasteiger partial charge >= 0.3 is 26.2 Å². The summed E-state index contributed by atoms with van der Waals surface area (Å²) in [7, 11) is 0. The van der Waals surface area contributed by atoms with E-state index in [9.17, 15) is 0 Å². The van der Waals surface area contributed by atoms with Crippen LogP contribution in [0.3, 0.4) is 0 Å². The summed E-state index contributed by atoms with van der Waals surface area (Å²) >= 11 is 0. The molecule has 0 amide bonds. The molecule has 0 atom stereocenters. The quantitative estimate of drug-likeness (QED) is 0.566. The van der Waals surface area contributed by atoms with Crippen molar-refractivity contribution in [3.63, 3.8) is 0 Å². The Balaban J connectivity index is 0.000000324. The van der Waals surface area contributed by atoms with Crippen molar-refractivity contribution in [2.45, 2.75) is 67.2 Å². The minimum absolute atomic E-state index is 0. The van der Waals surface area contributed by atoms with Crippen LogP contribution in [-0.4, -0.2) is 0 Å². The Morgan fingerprint density at radius 2 is 1.05 bits per heavy atom. The molecule has 0 spiro atoms. The van der Waals surface area contributed by atoms with Crippen LogP contribution in [0.2, 0.25) is 0 Å². The molecular weight excluding hydrogens is 307 g/mol. The molecule has 102 valence electrons. The van der Waals surface area contributed by atoms with E-state index in [1.165, 1.54) is 46.3 Å². The third-order valence-electron chi connectivity index (χ3n) is 3.82. The summed E-state index contributed by atoms with van der Waals surface area (Å²) in [5, 5.41) is 0. The van der Waals surface area contributed by atoms with Gasteiger partial charge in [-0.05, 0) is 0 Å². The Labute approximate surface area is 138 Å². The molecule has 0 nitrogen and oxygen atoms in total. The Morgan fingerprint density at radius 1 is 0.737 bits per heavy atom. The summed E-state index contributed by atoms with van der Waals surface area (Å²) in [6.45, 7) is 13.0. The summed E-state index contributed by atoms with van der Waals surface area (Å²) in [5.41, 5.74) is 8.62. The van der Waals surface area contributed by atoms with E-state index in [0.717, 1.165) is 12.8 Å². The zero-order valence-electron chi connectivity index (χ0n) is 13.3. The molecular formula is C18H26Zr. The van der Waals surface area contributed by atoms with Gasteiger partial charge in [-0.1, -0.05) is 53.4 Å². The molecule has 2 rings (SSSR count). The van der Waals surface area contributed by atoms with Crippen LogP contribution >= 0.6 is 0 Å². The van der Waals surface area contributed by atoms with E-state index in [2.05, 4.69) is 53.7 Å². The molecule has 0 radical (unpaired) electrons. The Bertz CT molecular complexity index is 389. The predicted molar refractivity (Wildman–Crippen MR) is 80.1 cm³/mol. The van der Waals surface area contributed by atoms with Crippen LogP contribution in [0.15, 0.2) is 33.4 Å². The van der Waals surface area contributed by atoms with Crippen LogP contribution in [-0.2, 0) is 26.2 Å². The van der Waals surface area contributed by atoms with Crippen molar-refractivity contribution < 1.29 is 26.2 Å². The van der Waals surface area contributed by atoms with Crippen molar-refractivity contribution in [1.82, 2.24) is 0 Å². The maximum atomic E-state index is 3.35. The van der Waals surface area contributed by atoms with Gasteiger partial charge < -0.3 is 0 Å². The van der Waals surface area contributed by atoms with E-state index in [4.69, 9.17) is 0 Å². The molecule has 2 aliphatic carbocycles. The summed E-state index contributed by atoms with van der Waals surface area (Å²) in [5.74, 6) is 0. The van der Waals surface area contributed by atoms with Gasteiger partial charge in [0, 0.05) is 0 Å². The molecule has 0 aliphatic heterocycles. The van der Waals surface area contributed by atoms with Crippen LogP contribution in [0.4, 0.5) is 0 Å². The molecule has 0 fully saturated rings. The van der Waals surface area contributed by atoms with Crippen LogP contribution in [0.5, 0.6) is 0 Å². The fourth-order valence-electron chi connectivity index (χ4n) is 2.16. The first-order chi connectivity index (χ1) is 8.47. The van der Waals surface area contributed by atoms with Crippen LogP contribution in [0.1, 0.15) is 67.2 Å². The molecule has 0 aromatic heterocycles. The third-order valence-corrected chi connectivity index (χ3v) is 3.82. The van der Waals surface area contributed by atoms with Crippen molar-refractivity contribution in [1.29, 1.82) is 0 Å². The standard InChI is InChI=1S/2C9H13.Zr/c2*1-4-9-5-7(2)8(3)6-9;/h2*4-5H2,1-3H3;/q2*-1;+2. The van der Waals surface area contributed by atoms with Crippen LogP contribution in [0, 0.1) is 12.2 Å². The first kappa shape index (κ1) is 18.8. The van der Waals surface area contributed by atoms with E-state index >= 15 is 0 Å². The van der Waals surface area contributed by atoms with E-state index < -0.39 is 0 Å². The number of hydrogen-bond acceptors (Lipinski definition) is 0. The van der Waals surface area contributed by atoms with E-state index in [-0.39, 0.29) is 26.2 Å². The van der Waals surface area contributed by atoms with Crippen LogP contribution in [0.25, 0.3) is 0 Å². The van der Waals surface area contributed by atoms with Gasteiger partial charge in [-0.3, -0.25) is 0 Å². The smallest absolute Gasteiger partial charge is 0.250 e. The minimum Gasteiger partial charge on any atom is -0.250 e. The fourth-order valence-corrected chi connectivity index (χ4v) is 2.16. The average Bonchev–Trinajstić information content (AvgIpc) is 2.84. The monoisotopic (exact) mass is 332 g/mol. The molecule has 0 heterocycles. The van der Waals surface area contributed by atoms with Gasteiger partial charge in [-0.2, -0.15) is 11.1 Å². The van der Waals surface area contributed by atoms with Crippen molar-refractivity contribution >= 4 is 0 Å². The molecule has 2 aliphatic rings. The number of hydrogen-bond donors (Lipinski definition) is 0. The third kappa shape index (κ3) is 5.78. The topological polar surface area (TPSA) is 0 Å². The van der Waals surface area contributed by atoms with Gasteiger partial charge in [0.25, 0.3) is 0 Å². The summed E-state index contributed by atoms with van der Waals surface area (Å²) in [4.78, 5) is 0. The average molecular weight is 334 g/mol. The molecule has 1 heteroatoms. The second-order valence-corrected chi connectivity index (χ2v) is 5.33. The zero-order valence-corrected chi connectivity index (χ0v) is 15.8. The van der Waals surface area contributed by atoms with Crippen molar-refractivity contribution in [3.8, 4) is 0 Å². The fraction of sp³-hybridized carbons (Fsp3) is 0.556. The van der Waals surface area contributed by atoms with Gasteiger partial charge in [0.2, 0.25) is 0 Å². The van der Waals surface area contributed by atoms with Crippen molar-refractivity contribution in [2.24, 2.45) is 0 Å². The van der Waals surface area contributed by atoms with E-state index in [0.29, 0.717) is 0 Å². The number of rotatable bonds is 2. The Hall–Kier alpha value is -0.157. The predicted octanol–water partition coefficient (Wildman–Crippen LogP) is 5.73. The van der Waals surface area contributed by atoms with Gasteiger partial charge in [-0.25, -0.2) is 34.4 Å². The largest absolute Gasteiger partial charge is 2.00 e. The van der Waals surface area contributed by atoms with Crippen molar-refractivity contribution in [2.75, 3.05) is 0 Å². The maximum absolute atomic E-state index is 3.35. The van der Waals surface area contributed by atoms with E-state index in [1.807, 2.05) is 0 Å². The second kappa shape index (κ2) is 8.90. The molecule has 0 bridgehead atoms. The maximum Gasteiger partial charge on any atom is 2.00 e. The van der Waals surface area contributed by atoms with E-state index in [1.54, 1.807) is 0 Å². The van der Waals surface area contributed by atoms with Gasteiger partial charge in [-0.15, -0.1) is 13.8 Å². The Kier molecular flexibility index (Phi) is 8.83. The molecule has 0 saturated heterocycles. The second-order valence-electron chi connectivity index (χ2n) is 5.33. The molecule has 0 unspecified atom stereocenters. The van der Waals surface area contributed by atoms with Gasteiger partial charge in [0.05, 0.1) is 0 Å². The normalized spacial score (nSPS) is 17.8. The number of allylic oxidation sites excluding steroid dienone is 8. The summed E-state index contributed by atoms with van der Waals surface area (Å²) in [6, 6.07) is 0. The van der Waals surface area contributed by atoms with Gasteiger partial charge in [0.15, 0.2) is 0 Å². The molecule has 0 saturated carbocycles. The first-order valence-corrected chi connectivity index (χ1v) is 7.04. The molecule has 19 heavy (non-hydrogen) atoms. The molecule has 0 aromatic carbocycles. The van der Waals surface area contributed by atoms with Crippen molar-refractivity contribution in [3.05, 3.63) is 45.6 Å². The van der Waals surface area contributed by atoms with Gasteiger partial charge in [0.1, 0.15) is 0 Å². The SMILES string of the molecule is CCC1=[C-]C(C)=C(C)C1.CCC1=[C-]C(C)=C(C)C1.[Zr+2].